The molecule has 1 heterocycles. The topological polar surface area (TPSA) is 206 Å². The molecule has 3 fully saturated rings. The second kappa shape index (κ2) is 22.2. The fourth-order valence-electron chi connectivity index (χ4n) is 8.52. The van der Waals surface area contributed by atoms with Gasteiger partial charge in [-0.3, -0.25) is 33.6 Å². The van der Waals surface area contributed by atoms with E-state index in [2.05, 4.69) is 21.3 Å². The monoisotopic (exact) mass is 800 g/mol. The van der Waals surface area contributed by atoms with Gasteiger partial charge in [0.25, 0.3) is 5.91 Å². The van der Waals surface area contributed by atoms with Crippen molar-refractivity contribution in [3.8, 4) is 0 Å². The highest BCUT2D eigenvalue weighted by Gasteiger charge is 2.45. The Morgan fingerprint density at radius 2 is 1.43 bits per heavy atom. The summed E-state index contributed by atoms with van der Waals surface area (Å²) in [7, 11) is 0. The van der Waals surface area contributed by atoms with E-state index in [0.717, 1.165) is 63.4 Å². The van der Waals surface area contributed by atoms with Gasteiger partial charge in [-0.05, 0) is 55.1 Å². The lowest BCUT2D eigenvalue weighted by Crippen LogP contribution is -2.58. The van der Waals surface area contributed by atoms with Crippen LogP contribution in [-0.4, -0.2) is 83.4 Å². The Labute approximate surface area is 341 Å². The Kier molecular flexibility index (Phi) is 16.8. The molecule has 2 aromatic rings. The van der Waals surface area contributed by atoms with Crippen molar-refractivity contribution in [2.75, 3.05) is 13.1 Å². The van der Waals surface area contributed by atoms with Crippen LogP contribution < -0.4 is 27.0 Å². The van der Waals surface area contributed by atoms with Crippen LogP contribution in [0.2, 0.25) is 0 Å². The van der Waals surface area contributed by atoms with Crippen LogP contribution in [0.3, 0.4) is 0 Å². The minimum atomic E-state index is -1.24. The zero-order valence-corrected chi connectivity index (χ0v) is 33.6. The third kappa shape index (κ3) is 12.7. The summed E-state index contributed by atoms with van der Waals surface area (Å²) in [5.74, 6) is -4.49. The largest absolute Gasteiger partial charge is 0.372 e. The summed E-state index contributed by atoms with van der Waals surface area (Å²) in [4.78, 5) is 95.3. The molecule has 0 bridgehead atoms. The number of amides is 6. The number of primary amides is 1. The van der Waals surface area contributed by atoms with Crippen molar-refractivity contribution < 1.29 is 38.3 Å². The van der Waals surface area contributed by atoms with Crippen molar-refractivity contribution in [2.24, 2.45) is 17.6 Å². The predicted molar refractivity (Wildman–Crippen MR) is 216 cm³/mol. The van der Waals surface area contributed by atoms with Crippen LogP contribution in [0.25, 0.3) is 0 Å². The summed E-state index contributed by atoms with van der Waals surface area (Å²) in [5.41, 5.74) is 6.88. The SMILES string of the molecule is CCCC(NC(=O)[C@@H]1C[C@@H](OCc2ccccc2)CN1C(=O)C(NC(=O)CC1CCCCC1)C1CCCCC1)C(=O)C(=O)NCC(=O)NC(C(N)=O)c1ccccc1. The average Bonchev–Trinajstić information content (AvgIpc) is 3.68. The predicted octanol–water partition coefficient (Wildman–Crippen LogP) is 3.52. The van der Waals surface area contributed by atoms with Gasteiger partial charge in [0.05, 0.1) is 25.3 Å². The summed E-state index contributed by atoms with van der Waals surface area (Å²) in [5, 5.41) is 10.6. The maximum Gasteiger partial charge on any atom is 0.290 e. The summed E-state index contributed by atoms with van der Waals surface area (Å²) in [6, 6.07) is 13.7. The maximum absolute atomic E-state index is 14.7. The van der Waals surface area contributed by atoms with E-state index >= 15 is 0 Å². The van der Waals surface area contributed by atoms with Gasteiger partial charge in [-0.15, -0.1) is 0 Å². The third-order valence-electron chi connectivity index (χ3n) is 11.6. The highest BCUT2D eigenvalue weighted by molar-refractivity contribution is 6.38. The molecule has 5 atom stereocenters. The van der Waals surface area contributed by atoms with E-state index in [9.17, 15) is 33.6 Å². The number of nitrogens with zero attached hydrogens (tertiary/aromatic N) is 1. The molecule has 6 N–H and O–H groups in total. The van der Waals surface area contributed by atoms with Crippen molar-refractivity contribution in [3.63, 3.8) is 0 Å². The molecule has 2 aromatic carbocycles. The lowest BCUT2D eigenvalue weighted by atomic mass is 9.82. The maximum atomic E-state index is 14.7. The zero-order chi connectivity index (χ0) is 41.4. The highest BCUT2D eigenvalue weighted by atomic mass is 16.5. The number of ketones is 1. The van der Waals surface area contributed by atoms with Gasteiger partial charge in [0.1, 0.15) is 18.1 Å². The smallest absolute Gasteiger partial charge is 0.290 e. The highest BCUT2D eigenvalue weighted by Crippen LogP contribution is 2.31. The van der Waals surface area contributed by atoms with E-state index in [1.54, 1.807) is 37.3 Å². The number of rotatable bonds is 19. The Hall–Kier alpha value is -5.11. The molecule has 3 unspecified atom stereocenters. The lowest BCUT2D eigenvalue weighted by Gasteiger charge is -2.35. The van der Waals surface area contributed by atoms with Crippen molar-refractivity contribution in [1.82, 2.24) is 26.2 Å². The Bertz CT molecular complexity index is 1710. The quantitative estimate of drug-likeness (QED) is 0.133. The molecule has 1 aliphatic heterocycles. The molecule has 1 saturated heterocycles. The summed E-state index contributed by atoms with van der Waals surface area (Å²) in [6.45, 7) is 1.56. The number of nitrogens with one attached hydrogen (secondary N) is 4. The number of Topliss-reactive ketones (excluding diaryl/α,β-unsaturated/α-hetero) is 1. The first-order valence-electron chi connectivity index (χ1n) is 21.0. The molecule has 2 saturated carbocycles. The van der Waals surface area contributed by atoms with Gasteiger partial charge >= 0.3 is 0 Å². The van der Waals surface area contributed by atoms with Crippen LogP contribution in [0.4, 0.5) is 0 Å². The normalized spacial score (nSPS) is 20.3. The van der Waals surface area contributed by atoms with Crippen molar-refractivity contribution in [1.29, 1.82) is 0 Å². The van der Waals surface area contributed by atoms with E-state index in [1.165, 1.54) is 11.3 Å². The second-order valence-electron chi connectivity index (χ2n) is 16.0. The van der Waals surface area contributed by atoms with Gasteiger partial charge in [0.15, 0.2) is 0 Å². The average molecular weight is 801 g/mol. The molecule has 0 spiro atoms. The summed E-state index contributed by atoms with van der Waals surface area (Å²) in [6.07, 6.45) is 10.5. The Morgan fingerprint density at radius 3 is 2.07 bits per heavy atom. The van der Waals surface area contributed by atoms with Gasteiger partial charge in [-0.1, -0.05) is 113 Å². The molecule has 5 rings (SSSR count). The fourth-order valence-corrected chi connectivity index (χ4v) is 8.52. The molecule has 14 nitrogen and oxygen atoms in total. The number of carbonyl (C=O) groups excluding carboxylic acids is 7. The Balaban J connectivity index is 1.28. The van der Waals surface area contributed by atoms with Gasteiger partial charge in [0, 0.05) is 19.4 Å². The molecular formula is C44H60N6O8. The number of nitrogens with two attached hydrogens (primary N) is 1. The first-order valence-corrected chi connectivity index (χ1v) is 21.0. The number of hydrogen-bond acceptors (Lipinski definition) is 8. The number of benzene rings is 2. The Morgan fingerprint density at radius 1 is 0.793 bits per heavy atom. The molecule has 0 radical (unpaired) electrons. The molecule has 6 amide bonds. The van der Waals surface area contributed by atoms with E-state index in [-0.39, 0.29) is 49.6 Å². The first-order chi connectivity index (χ1) is 28.0. The van der Waals surface area contributed by atoms with Gasteiger partial charge in [0.2, 0.25) is 35.3 Å². The number of likely N-dealkylation sites (tertiary alicyclic amines) is 1. The standard InChI is InChI=1S/C44H60N6O8/c1-2-15-34(40(53)43(56)46-26-37(52)49-38(41(45)54)31-20-11-5-12-21-31)47-42(55)35-25-33(58-28-30-18-9-4-10-19-30)27-50(35)44(57)39(32-22-13-6-14-23-32)48-36(51)24-29-16-7-3-8-17-29/h4-5,9-12,18-21,29,32-35,38-39H,2-3,6-8,13-17,22-28H2,1H3,(H2,45,54)(H,46,56)(H,47,55)(H,48,51)(H,49,52)/t33-,34?,35+,38?,39?/m1/s1. The molecule has 58 heavy (non-hydrogen) atoms. The van der Waals surface area contributed by atoms with E-state index in [1.807, 2.05) is 30.3 Å². The third-order valence-corrected chi connectivity index (χ3v) is 11.6. The van der Waals surface area contributed by atoms with E-state index < -0.39 is 66.2 Å². The van der Waals surface area contributed by atoms with Crippen LogP contribution in [0.15, 0.2) is 60.7 Å². The molecule has 3 aliphatic rings. The number of ether oxygens (including phenoxy) is 1. The van der Waals surface area contributed by atoms with Gasteiger partial charge < -0.3 is 36.6 Å². The van der Waals surface area contributed by atoms with Crippen LogP contribution in [0, 0.1) is 11.8 Å². The molecule has 2 aliphatic carbocycles. The fraction of sp³-hybridized carbons (Fsp3) is 0.568. The molecule has 314 valence electrons. The summed E-state index contributed by atoms with van der Waals surface area (Å²) >= 11 is 0. The molecule has 0 aromatic heterocycles. The van der Waals surface area contributed by atoms with Gasteiger partial charge in [-0.2, -0.15) is 0 Å². The van der Waals surface area contributed by atoms with Crippen molar-refractivity contribution in [3.05, 3.63) is 71.8 Å². The summed E-state index contributed by atoms with van der Waals surface area (Å²) < 4.78 is 6.26. The van der Waals surface area contributed by atoms with E-state index in [4.69, 9.17) is 10.5 Å². The minimum Gasteiger partial charge on any atom is -0.372 e. The minimum absolute atomic E-state index is 0.0780. The lowest BCUT2D eigenvalue weighted by molar-refractivity contribution is -0.144. The van der Waals surface area contributed by atoms with Crippen LogP contribution in [0.5, 0.6) is 0 Å². The van der Waals surface area contributed by atoms with Crippen LogP contribution in [-0.2, 0) is 44.9 Å². The van der Waals surface area contributed by atoms with Crippen LogP contribution in [0.1, 0.15) is 114 Å². The van der Waals surface area contributed by atoms with Gasteiger partial charge in [-0.25, -0.2) is 0 Å². The number of hydrogen-bond donors (Lipinski definition) is 5. The van der Waals surface area contributed by atoms with Crippen LogP contribution >= 0.6 is 0 Å². The second-order valence-corrected chi connectivity index (χ2v) is 16.0. The first kappa shape index (κ1) is 44.0. The van der Waals surface area contributed by atoms with E-state index in [0.29, 0.717) is 18.4 Å². The van der Waals surface area contributed by atoms with Crippen molar-refractivity contribution in [2.45, 2.75) is 134 Å². The van der Waals surface area contributed by atoms with Crippen molar-refractivity contribution >= 4 is 41.2 Å². The number of carbonyl (C=O) groups is 7. The molecular weight excluding hydrogens is 741 g/mol. The molecule has 14 heteroatoms. The zero-order valence-electron chi connectivity index (χ0n) is 33.6.